The summed E-state index contributed by atoms with van der Waals surface area (Å²) in [7, 11) is 0. The van der Waals surface area contributed by atoms with Crippen LogP contribution >= 0.6 is 0 Å². The molecule has 0 aliphatic carbocycles. The molecule has 0 bridgehead atoms. The Kier molecular flexibility index (Phi) is 8.83. The standard InChI is InChI=1S/C20H25NO8Se/c1-11(22)21-17-19(28-14(4)25)18(27-13(3)24)16(10-26-12(2)23)29-20(17)30-15-8-6-5-7-9-15/h5-9,16-20H,10H2,1-4H3,(H,21,22)/t16-,17-,18-,19-,20+/m1/s1. The summed E-state index contributed by atoms with van der Waals surface area (Å²) < 4.78 is 23.1. The van der Waals surface area contributed by atoms with E-state index in [-0.39, 0.29) is 27.5 Å². The molecule has 1 fully saturated rings. The molecule has 1 aliphatic rings. The first-order valence-corrected chi connectivity index (χ1v) is 11.1. The van der Waals surface area contributed by atoms with Crippen molar-refractivity contribution in [3.8, 4) is 0 Å². The number of esters is 3. The van der Waals surface area contributed by atoms with Crippen molar-refractivity contribution in [2.24, 2.45) is 0 Å². The molecule has 0 unspecified atom stereocenters. The average molecular weight is 486 g/mol. The van der Waals surface area contributed by atoms with Crippen molar-refractivity contribution < 1.29 is 38.1 Å². The zero-order valence-corrected chi connectivity index (χ0v) is 18.9. The van der Waals surface area contributed by atoms with Crippen LogP contribution in [0.4, 0.5) is 0 Å². The van der Waals surface area contributed by atoms with Crippen LogP contribution in [0.5, 0.6) is 0 Å². The van der Waals surface area contributed by atoms with Crippen molar-refractivity contribution in [1.82, 2.24) is 5.32 Å². The van der Waals surface area contributed by atoms with Crippen molar-refractivity contribution in [3.05, 3.63) is 30.3 Å². The third-order valence-electron chi connectivity index (χ3n) is 4.07. The molecule has 0 saturated carbocycles. The van der Waals surface area contributed by atoms with Crippen LogP contribution in [0, 0.1) is 0 Å². The van der Waals surface area contributed by atoms with E-state index in [1.165, 1.54) is 27.7 Å². The summed E-state index contributed by atoms with van der Waals surface area (Å²) in [6.45, 7) is 4.83. The first-order valence-electron chi connectivity index (χ1n) is 9.29. The molecule has 0 aromatic heterocycles. The van der Waals surface area contributed by atoms with E-state index in [0.717, 1.165) is 4.46 Å². The molecule has 9 nitrogen and oxygen atoms in total. The van der Waals surface area contributed by atoms with E-state index in [0.29, 0.717) is 0 Å². The summed E-state index contributed by atoms with van der Waals surface area (Å²) in [5, 5.41) is 2.20. The van der Waals surface area contributed by atoms with E-state index in [1.807, 2.05) is 30.3 Å². The number of hydrogen-bond acceptors (Lipinski definition) is 8. The molecule has 1 aromatic rings. The normalized spacial score (nSPS) is 25.7. The van der Waals surface area contributed by atoms with Crippen LogP contribution in [0.3, 0.4) is 0 Å². The van der Waals surface area contributed by atoms with Crippen LogP contribution in [0.2, 0.25) is 0 Å². The maximum absolute atomic E-state index is 11.9. The number of amides is 1. The van der Waals surface area contributed by atoms with Crippen LogP contribution in [-0.2, 0) is 38.1 Å². The molecule has 1 aromatic carbocycles. The van der Waals surface area contributed by atoms with Gasteiger partial charge in [-0.1, -0.05) is 0 Å². The quantitative estimate of drug-likeness (QED) is 0.317. The van der Waals surface area contributed by atoms with Crippen LogP contribution in [0.25, 0.3) is 0 Å². The number of benzene rings is 1. The fraction of sp³-hybridized carbons (Fsp3) is 0.500. The molecule has 5 atom stereocenters. The van der Waals surface area contributed by atoms with Crippen molar-refractivity contribution in [1.29, 1.82) is 0 Å². The molecule has 0 radical (unpaired) electrons. The van der Waals surface area contributed by atoms with Crippen molar-refractivity contribution in [2.75, 3.05) is 6.61 Å². The zero-order valence-electron chi connectivity index (χ0n) is 17.2. The fourth-order valence-corrected chi connectivity index (χ4v) is 5.44. The van der Waals surface area contributed by atoms with Gasteiger partial charge in [-0.05, 0) is 0 Å². The molecule has 1 aliphatic heterocycles. The molecule has 2 rings (SSSR count). The molecule has 0 spiro atoms. The summed E-state index contributed by atoms with van der Waals surface area (Å²) in [5.74, 6) is -2.11. The second-order valence-electron chi connectivity index (χ2n) is 6.65. The van der Waals surface area contributed by atoms with Gasteiger partial charge >= 0.3 is 181 Å². The molecular formula is C20H25NO8Se. The van der Waals surface area contributed by atoms with Crippen LogP contribution in [-0.4, -0.2) is 74.7 Å². The molecule has 1 amide bonds. The topological polar surface area (TPSA) is 117 Å². The Hall–Kier alpha value is -2.42. The summed E-state index contributed by atoms with van der Waals surface area (Å²) in [4.78, 5) is 46.8. The average Bonchev–Trinajstić information content (AvgIpc) is 2.64. The number of nitrogens with one attached hydrogen (secondary N) is 1. The first kappa shape index (κ1) is 23.9. The summed E-state index contributed by atoms with van der Waals surface area (Å²) in [5.41, 5.74) is 0. The third-order valence-corrected chi connectivity index (χ3v) is 6.54. The van der Waals surface area contributed by atoms with Gasteiger partial charge in [-0.15, -0.1) is 0 Å². The molecule has 1 saturated heterocycles. The number of carbonyl (C=O) groups excluding carboxylic acids is 4. The van der Waals surface area contributed by atoms with Gasteiger partial charge in [0.05, 0.1) is 0 Å². The molecule has 10 heteroatoms. The number of rotatable bonds is 7. The second-order valence-corrected chi connectivity index (χ2v) is 9.11. The maximum atomic E-state index is 11.9. The number of ether oxygens (including phenoxy) is 4. The summed E-state index contributed by atoms with van der Waals surface area (Å²) in [6, 6.07) is 8.74. The second kappa shape index (κ2) is 11.1. The predicted octanol–water partition coefficient (Wildman–Crippen LogP) is -0.328. The zero-order chi connectivity index (χ0) is 22.3. The van der Waals surface area contributed by atoms with Crippen LogP contribution < -0.4 is 9.78 Å². The summed E-state index contributed by atoms with van der Waals surface area (Å²) in [6.07, 6.45) is -2.95. The minimum absolute atomic E-state index is 0.195. The number of carbonyl (C=O) groups is 4. The molecule has 30 heavy (non-hydrogen) atoms. The Bertz CT molecular complexity index is 771. The molecule has 1 N–H and O–H groups in total. The van der Waals surface area contributed by atoms with Crippen molar-refractivity contribution in [2.45, 2.75) is 57.1 Å². The van der Waals surface area contributed by atoms with E-state index in [2.05, 4.69) is 5.32 Å². The first-order chi connectivity index (χ1) is 14.2. The predicted molar refractivity (Wildman–Crippen MR) is 106 cm³/mol. The van der Waals surface area contributed by atoms with Gasteiger partial charge in [0.15, 0.2) is 0 Å². The van der Waals surface area contributed by atoms with E-state index < -0.39 is 47.3 Å². The fourth-order valence-electron chi connectivity index (χ4n) is 3.02. The Morgan fingerprint density at radius 1 is 0.933 bits per heavy atom. The van der Waals surface area contributed by atoms with Gasteiger partial charge in [-0.2, -0.15) is 0 Å². The van der Waals surface area contributed by atoms with Gasteiger partial charge in [0.2, 0.25) is 0 Å². The number of hydrogen-bond donors (Lipinski definition) is 1. The van der Waals surface area contributed by atoms with E-state index >= 15 is 0 Å². The van der Waals surface area contributed by atoms with Gasteiger partial charge in [-0.25, -0.2) is 0 Å². The van der Waals surface area contributed by atoms with Gasteiger partial charge in [-0.3, -0.25) is 0 Å². The summed E-state index contributed by atoms with van der Waals surface area (Å²) >= 11 is -0.303. The van der Waals surface area contributed by atoms with Gasteiger partial charge in [0.25, 0.3) is 0 Å². The molecule has 1 heterocycles. The van der Waals surface area contributed by atoms with E-state index in [1.54, 1.807) is 0 Å². The Morgan fingerprint density at radius 3 is 2.07 bits per heavy atom. The van der Waals surface area contributed by atoms with Gasteiger partial charge in [0.1, 0.15) is 0 Å². The van der Waals surface area contributed by atoms with Crippen LogP contribution in [0.15, 0.2) is 30.3 Å². The molecular weight excluding hydrogens is 461 g/mol. The third kappa shape index (κ3) is 7.12. The monoisotopic (exact) mass is 487 g/mol. The van der Waals surface area contributed by atoms with E-state index in [9.17, 15) is 19.2 Å². The molecule has 164 valence electrons. The van der Waals surface area contributed by atoms with Crippen LogP contribution in [0.1, 0.15) is 27.7 Å². The van der Waals surface area contributed by atoms with Gasteiger partial charge in [0, 0.05) is 0 Å². The Balaban J connectivity index is 2.42. The Labute approximate surface area is 180 Å². The Morgan fingerprint density at radius 2 is 1.53 bits per heavy atom. The van der Waals surface area contributed by atoms with E-state index in [4.69, 9.17) is 18.9 Å². The van der Waals surface area contributed by atoms with Crippen molar-refractivity contribution >= 4 is 43.2 Å². The van der Waals surface area contributed by atoms with Gasteiger partial charge < -0.3 is 0 Å². The SMILES string of the molecule is CC(=O)N[C@@H]1[C@@H](OC(C)=O)[C@H](OC(C)=O)[C@@H](COC(C)=O)O[C@H]1[Se]c1ccccc1. The minimum atomic E-state index is -1.06. The van der Waals surface area contributed by atoms with Crippen molar-refractivity contribution in [3.63, 3.8) is 0 Å².